The van der Waals surface area contributed by atoms with Gasteiger partial charge in [-0.3, -0.25) is 4.98 Å². The van der Waals surface area contributed by atoms with Gasteiger partial charge in [-0.15, -0.1) is 0 Å². The molecule has 0 bridgehead atoms. The maximum atomic E-state index is 8.34. The number of pyridine rings is 1. The van der Waals surface area contributed by atoms with Crippen molar-refractivity contribution in [3.8, 4) is 6.07 Å². The number of hydrogen-bond donors (Lipinski definition) is 1. The Morgan fingerprint density at radius 1 is 1.27 bits per heavy atom. The molecule has 0 atom stereocenters. The van der Waals surface area contributed by atoms with Gasteiger partial charge >= 0.3 is 0 Å². The van der Waals surface area contributed by atoms with Crippen molar-refractivity contribution in [1.82, 2.24) is 10.3 Å². The normalized spacial score (nSPS) is 9.80. The summed E-state index contributed by atoms with van der Waals surface area (Å²) in [5.41, 5.74) is 1.13. The van der Waals surface area contributed by atoms with Crippen molar-refractivity contribution in [3.63, 3.8) is 0 Å². The van der Waals surface area contributed by atoms with Crippen molar-refractivity contribution in [2.24, 2.45) is 0 Å². The number of nitrogens with zero attached hydrogens (tertiary/aromatic N) is 2. The first-order chi connectivity index (χ1) is 7.43. The van der Waals surface area contributed by atoms with Crippen molar-refractivity contribution >= 4 is 0 Å². The summed E-state index contributed by atoms with van der Waals surface area (Å²) in [4.78, 5) is 4.24. The molecule has 0 saturated heterocycles. The zero-order chi connectivity index (χ0) is 10.8. The molecule has 0 saturated carbocycles. The quantitative estimate of drug-likeness (QED) is 0.689. The monoisotopic (exact) mass is 203 g/mol. The molecule has 0 aliphatic carbocycles. The summed E-state index contributed by atoms with van der Waals surface area (Å²) >= 11 is 0. The Hall–Kier alpha value is -1.40. The maximum Gasteiger partial charge on any atom is 0.0621 e. The Bertz CT molecular complexity index is 289. The molecule has 0 unspecified atom stereocenters. The van der Waals surface area contributed by atoms with Gasteiger partial charge in [0.15, 0.2) is 0 Å². The van der Waals surface area contributed by atoms with Crippen molar-refractivity contribution in [1.29, 1.82) is 5.26 Å². The number of hydrogen-bond acceptors (Lipinski definition) is 3. The van der Waals surface area contributed by atoms with Crippen molar-refractivity contribution in [3.05, 3.63) is 30.1 Å². The van der Waals surface area contributed by atoms with Crippen LogP contribution in [0.1, 0.15) is 25.0 Å². The van der Waals surface area contributed by atoms with Gasteiger partial charge in [0, 0.05) is 31.3 Å². The van der Waals surface area contributed by atoms with E-state index in [1.165, 1.54) is 0 Å². The van der Waals surface area contributed by atoms with Crippen LogP contribution in [0.5, 0.6) is 0 Å². The van der Waals surface area contributed by atoms with E-state index in [4.69, 9.17) is 5.26 Å². The van der Waals surface area contributed by atoms with Gasteiger partial charge in [0.25, 0.3) is 0 Å². The third-order valence-corrected chi connectivity index (χ3v) is 2.18. The van der Waals surface area contributed by atoms with Crippen LogP contribution >= 0.6 is 0 Å². The van der Waals surface area contributed by atoms with E-state index in [1.54, 1.807) is 0 Å². The van der Waals surface area contributed by atoms with Crippen LogP contribution in [0.2, 0.25) is 0 Å². The van der Waals surface area contributed by atoms with Crippen LogP contribution in [0.15, 0.2) is 24.4 Å². The second kappa shape index (κ2) is 7.95. The predicted molar refractivity (Wildman–Crippen MR) is 60.3 cm³/mol. The molecule has 1 heterocycles. The van der Waals surface area contributed by atoms with E-state index in [2.05, 4.69) is 16.4 Å². The molecule has 3 nitrogen and oxygen atoms in total. The highest BCUT2D eigenvalue weighted by molar-refractivity contribution is 5.03. The molecule has 1 aromatic rings. The van der Waals surface area contributed by atoms with Crippen molar-refractivity contribution in [2.45, 2.75) is 25.7 Å². The predicted octanol–water partition coefficient (Wildman–Crippen LogP) is 1.91. The van der Waals surface area contributed by atoms with Gasteiger partial charge in [-0.25, -0.2) is 0 Å². The third-order valence-electron chi connectivity index (χ3n) is 2.18. The average Bonchev–Trinajstić information content (AvgIpc) is 2.29. The lowest BCUT2D eigenvalue weighted by Crippen LogP contribution is -2.18. The van der Waals surface area contributed by atoms with Gasteiger partial charge in [-0.1, -0.05) is 6.07 Å². The fourth-order valence-corrected chi connectivity index (χ4v) is 1.34. The SMILES string of the molecule is N#CCCCCNCCc1ccccn1. The molecule has 15 heavy (non-hydrogen) atoms. The Kier molecular flexibility index (Phi) is 6.19. The molecule has 80 valence electrons. The molecule has 0 aliphatic rings. The molecule has 0 spiro atoms. The highest BCUT2D eigenvalue weighted by atomic mass is 14.8. The number of nitriles is 1. The van der Waals surface area contributed by atoms with Gasteiger partial charge in [0.05, 0.1) is 6.07 Å². The van der Waals surface area contributed by atoms with E-state index in [0.717, 1.165) is 38.0 Å². The topological polar surface area (TPSA) is 48.7 Å². The van der Waals surface area contributed by atoms with E-state index >= 15 is 0 Å². The summed E-state index contributed by atoms with van der Waals surface area (Å²) in [6.07, 6.45) is 5.53. The fourth-order valence-electron chi connectivity index (χ4n) is 1.34. The summed E-state index contributed by atoms with van der Waals surface area (Å²) in [5, 5.41) is 11.7. The van der Waals surface area contributed by atoms with E-state index in [1.807, 2.05) is 24.4 Å². The minimum absolute atomic E-state index is 0.669. The third kappa shape index (κ3) is 5.82. The number of rotatable bonds is 7. The van der Waals surface area contributed by atoms with E-state index in [0.29, 0.717) is 6.42 Å². The summed E-state index contributed by atoms with van der Waals surface area (Å²) < 4.78 is 0. The Balaban J connectivity index is 1.96. The van der Waals surface area contributed by atoms with Crippen LogP contribution in [0.3, 0.4) is 0 Å². The lowest BCUT2D eigenvalue weighted by atomic mass is 10.2. The van der Waals surface area contributed by atoms with Crippen LogP contribution in [0.25, 0.3) is 0 Å². The lowest BCUT2D eigenvalue weighted by Gasteiger charge is -2.02. The molecule has 0 aliphatic heterocycles. The molecule has 0 aromatic carbocycles. The molecular formula is C12H17N3. The first-order valence-electron chi connectivity index (χ1n) is 5.41. The molecule has 1 aromatic heterocycles. The maximum absolute atomic E-state index is 8.34. The van der Waals surface area contributed by atoms with Crippen LogP contribution in [0, 0.1) is 11.3 Å². The van der Waals surface area contributed by atoms with Gasteiger partial charge in [-0.05, 0) is 31.5 Å². The zero-order valence-electron chi connectivity index (χ0n) is 8.95. The van der Waals surface area contributed by atoms with E-state index in [-0.39, 0.29) is 0 Å². The van der Waals surface area contributed by atoms with Crippen molar-refractivity contribution in [2.75, 3.05) is 13.1 Å². The van der Waals surface area contributed by atoms with Crippen LogP contribution in [-0.2, 0) is 6.42 Å². The van der Waals surface area contributed by atoms with Crippen LogP contribution in [0.4, 0.5) is 0 Å². The Morgan fingerprint density at radius 2 is 2.20 bits per heavy atom. The van der Waals surface area contributed by atoms with Gasteiger partial charge in [0.1, 0.15) is 0 Å². The smallest absolute Gasteiger partial charge is 0.0621 e. The fraction of sp³-hybridized carbons (Fsp3) is 0.500. The standard InChI is InChI=1S/C12H17N3/c13-8-3-1-4-9-14-11-7-12-6-2-5-10-15-12/h2,5-6,10,14H,1,3-4,7,9,11H2. The van der Waals surface area contributed by atoms with Crippen LogP contribution < -0.4 is 5.32 Å². The van der Waals surface area contributed by atoms with Gasteiger partial charge < -0.3 is 5.32 Å². The summed E-state index contributed by atoms with van der Waals surface area (Å²) in [6.45, 7) is 1.96. The molecular weight excluding hydrogens is 186 g/mol. The molecule has 3 heteroatoms. The second-order valence-corrected chi connectivity index (χ2v) is 3.44. The van der Waals surface area contributed by atoms with Gasteiger partial charge in [0.2, 0.25) is 0 Å². The molecule has 0 fully saturated rings. The van der Waals surface area contributed by atoms with E-state index in [9.17, 15) is 0 Å². The van der Waals surface area contributed by atoms with E-state index < -0.39 is 0 Å². The molecule has 0 amide bonds. The van der Waals surface area contributed by atoms with Crippen molar-refractivity contribution < 1.29 is 0 Å². The lowest BCUT2D eigenvalue weighted by molar-refractivity contribution is 0.625. The number of aromatic nitrogens is 1. The van der Waals surface area contributed by atoms with Crippen LogP contribution in [-0.4, -0.2) is 18.1 Å². The highest BCUT2D eigenvalue weighted by Gasteiger charge is 1.92. The Labute approximate surface area is 91.1 Å². The minimum Gasteiger partial charge on any atom is -0.316 e. The number of unbranched alkanes of at least 4 members (excludes halogenated alkanes) is 2. The summed E-state index contributed by atoms with van der Waals surface area (Å²) in [6, 6.07) is 8.12. The second-order valence-electron chi connectivity index (χ2n) is 3.44. The zero-order valence-corrected chi connectivity index (χ0v) is 8.95. The molecule has 1 N–H and O–H groups in total. The Morgan fingerprint density at radius 3 is 2.93 bits per heavy atom. The first-order valence-corrected chi connectivity index (χ1v) is 5.41. The summed E-state index contributed by atoms with van der Waals surface area (Å²) in [7, 11) is 0. The molecule has 0 radical (unpaired) electrons. The largest absolute Gasteiger partial charge is 0.316 e. The first kappa shape index (κ1) is 11.7. The highest BCUT2D eigenvalue weighted by Crippen LogP contribution is 1.94. The molecule has 1 rings (SSSR count). The average molecular weight is 203 g/mol. The minimum atomic E-state index is 0.669. The summed E-state index contributed by atoms with van der Waals surface area (Å²) in [5.74, 6) is 0. The van der Waals surface area contributed by atoms with Gasteiger partial charge in [-0.2, -0.15) is 5.26 Å². The number of nitrogens with one attached hydrogen (secondary N) is 1.